The van der Waals surface area contributed by atoms with Crippen LogP contribution in [0, 0.1) is 27.7 Å². The van der Waals surface area contributed by atoms with E-state index in [1.807, 2.05) is 0 Å². The molecular weight excluding hydrogens is 300 g/mol. The van der Waals surface area contributed by atoms with Crippen LogP contribution in [0.1, 0.15) is 33.4 Å². The van der Waals surface area contributed by atoms with Gasteiger partial charge in [-0.25, -0.2) is 0 Å². The van der Waals surface area contributed by atoms with Crippen molar-refractivity contribution in [3.63, 3.8) is 0 Å². The van der Waals surface area contributed by atoms with Crippen molar-refractivity contribution in [3.05, 3.63) is 94.0 Å². The maximum atomic E-state index is 2.31. The van der Waals surface area contributed by atoms with Crippen LogP contribution in [-0.4, -0.2) is 0 Å². The van der Waals surface area contributed by atoms with Crippen LogP contribution in [-0.2, 0) is 6.42 Å². The number of rotatable bonds is 2. The molecule has 0 aliphatic heterocycles. The Hall–Kier alpha value is -2.60. The molecule has 0 bridgehead atoms. The van der Waals surface area contributed by atoms with E-state index < -0.39 is 0 Å². The molecule has 0 saturated heterocycles. The number of fused-ring (bicyclic) bond motifs is 2. The third-order valence-corrected chi connectivity index (χ3v) is 5.76. The fraction of sp³-hybridized carbons (Fsp3) is 0.200. The fourth-order valence-corrected chi connectivity index (χ4v) is 3.99. The summed E-state index contributed by atoms with van der Waals surface area (Å²) in [7, 11) is 0. The maximum Gasteiger partial charge on any atom is -0.000800 e. The van der Waals surface area contributed by atoms with Crippen LogP contribution in [0.2, 0.25) is 0 Å². The van der Waals surface area contributed by atoms with E-state index in [9.17, 15) is 0 Å². The normalized spacial score (nSPS) is 11.4. The molecule has 0 fully saturated rings. The summed E-state index contributed by atoms with van der Waals surface area (Å²) in [5, 5.41) is 5.46. The lowest BCUT2D eigenvalue weighted by Crippen LogP contribution is -2.00. The van der Waals surface area contributed by atoms with Crippen molar-refractivity contribution in [2.45, 2.75) is 34.1 Å². The van der Waals surface area contributed by atoms with Gasteiger partial charge in [0.15, 0.2) is 0 Å². The van der Waals surface area contributed by atoms with Gasteiger partial charge < -0.3 is 0 Å². The summed E-state index contributed by atoms with van der Waals surface area (Å²) in [6, 6.07) is 22.2. The SMILES string of the molecule is Cc1cc2ccccc2c(Cc2c(C)c(C)cc3ccccc23)c1C. The molecule has 0 nitrogen and oxygen atoms in total. The Balaban J connectivity index is 2.01. The van der Waals surface area contributed by atoms with Gasteiger partial charge >= 0.3 is 0 Å². The van der Waals surface area contributed by atoms with Gasteiger partial charge in [-0.1, -0.05) is 60.7 Å². The van der Waals surface area contributed by atoms with Crippen LogP contribution in [0.5, 0.6) is 0 Å². The summed E-state index contributed by atoms with van der Waals surface area (Å²) in [6.45, 7) is 8.99. The van der Waals surface area contributed by atoms with E-state index in [2.05, 4.69) is 88.4 Å². The van der Waals surface area contributed by atoms with E-state index in [-0.39, 0.29) is 0 Å². The van der Waals surface area contributed by atoms with Crippen LogP contribution in [0.15, 0.2) is 60.7 Å². The van der Waals surface area contributed by atoms with Crippen molar-refractivity contribution in [3.8, 4) is 0 Å². The fourth-order valence-electron chi connectivity index (χ4n) is 3.99. The molecule has 0 heteroatoms. The van der Waals surface area contributed by atoms with E-state index in [1.165, 1.54) is 54.9 Å². The third kappa shape index (κ3) is 2.62. The summed E-state index contributed by atoms with van der Waals surface area (Å²) in [4.78, 5) is 0. The molecule has 4 aromatic carbocycles. The monoisotopic (exact) mass is 324 g/mol. The second kappa shape index (κ2) is 6.04. The molecule has 25 heavy (non-hydrogen) atoms. The summed E-state index contributed by atoms with van der Waals surface area (Å²) in [6.07, 6.45) is 0.988. The van der Waals surface area contributed by atoms with E-state index in [0.717, 1.165) is 6.42 Å². The Morgan fingerprint density at radius 2 is 0.960 bits per heavy atom. The van der Waals surface area contributed by atoms with Crippen molar-refractivity contribution >= 4 is 21.5 Å². The van der Waals surface area contributed by atoms with Gasteiger partial charge in [0.2, 0.25) is 0 Å². The van der Waals surface area contributed by atoms with Crippen LogP contribution in [0.3, 0.4) is 0 Å². The van der Waals surface area contributed by atoms with E-state index in [0.29, 0.717) is 0 Å². The van der Waals surface area contributed by atoms with Gasteiger partial charge in [-0.05, 0) is 89.0 Å². The summed E-state index contributed by atoms with van der Waals surface area (Å²) in [5.74, 6) is 0. The first kappa shape index (κ1) is 15.9. The standard InChI is InChI=1S/C25H24/c1-16-13-20-9-5-7-11-22(20)24(18(16)3)15-25-19(4)17(2)14-21-10-6-8-12-23(21)25/h5-14H,15H2,1-4H3. The Morgan fingerprint density at radius 1 is 0.560 bits per heavy atom. The lowest BCUT2D eigenvalue weighted by atomic mass is 9.87. The lowest BCUT2D eigenvalue weighted by molar-refractivity contribution is 1.14. The quantitative estimate of drug-likeness (QED) is 0.379. The van der Waals surface area contributed by atoms with Crippen molar-refractivity contribution in [1.29, 1.82) is 0 Å². The molecule has 0 heterocycles. The molecule has 0 spiro atoms. The first-order valence-corrected chi connectivity index (χ1v) is 9.02. The summed E-state index contributed by atoms with van der Waals surface area (Å²) >= 11 is 0. The van der Waals surface area contributed by atoms with Crippen molar-refractivity contribution in [2.75, 3.05) is 0 Å². The lowest BCUT2D eigenvalue weighted by Gasteiger charge is -2.18. The predicted molar refractivity (Wildman–Crippen MR) is 110 cm³/mol. The van der Waals surface area contributed by atoms with Crippen molar-refractivity contribution in [2.24, 2.45) is 0 Å². The molecule has 0 amide bonds. The zero-order valence-electron chi connectivity index (χ0n) is 15.5. The van der Waals surface area contributed by atoms with E-state index in [4.69, 9.17) is 0 Å². The van der Waals surface area contributed by atoms with Gasteiger partial charge in [0.1, 0.15) is 0 Å². The summed E-state index contributed by atoms with van der Waals surface area (Å²) in [5.41, 5.74) is 8.53. The predicted octanol–water partition coefficient (Wildman–Crippen LogP) is 6.82. The molecule has 0 aromatic heterocycles. The van der Waals surface area contributed by atoms with Gasteiger partial charge in [-0.3, -0.25) is 0 Å². The zero-order chi connectivity index (χ0) is 17.6. The van der Waals surface area contributed by atoms with Gasteiger partial charge in [0.25, 0.3) is 0 Å². The van der Waals surface area contributed by atoms with Crippen LogP contribution >= 0.6 is 0 Å². The topological polar surface area (TPSA) is 0 Å². The first-order chi connectivity index (χ1) is 12.1. The Bertz CT molecular complexity index is 1010. The average molecular weight is 324 g/mol. The zero-order valence-corrected chi connectivity index (χ0v) is 15.5. The van der Waals surface area contributed by atoms with Gasteiger partial charge in [0.05, 0.1) is 0 Å². The highest BCUT2D eigenvalue weighted by molar-refractivity contribution is 5.91. The molecule has 0 radical (unpaired) electrons. The highest BCUT2D eigenvalue weighted by Gasteiger charge is 2.13. The van der Waals surface area contributed by atoms with Crippen molar-refractivity contribution in [1.82, 2.24) is 0 Å². The summed E-state index contributed by atoms with van der Waals surface area (Å²) < 4.78 is 0. The molecule has 0 saturated carbocycles. The minimum absolute atomic E-state index is 0.988. The number of hydrogen-bond donors (Lipinski definition) is 0. The molecule has 0 atom stereocenters. The number of benzene rings is 4. The molecule has 4 rings (SSSR count). The number of aryl methyl sites for hydroxylation is 2. The smallest absolute Gasteiger partial charge is 0.000800 e. The van der Waals surface area contributed by atoms with Gasteiger partial charge in [-0.2, -0.15) is 0 Å². The Kier molecular flexibility index (Phi) is 3.84. The van der Waals surface area contributed by atoms with E-state index >= 15 is 0 Å². The molecule has 124 valence electrons. The van der Waals surface area contributed by atoms with E-state index in [1.54, 1.807) is 0 Å². The second-order valence-electron chi connectivity index (χ2n) is 7.21. The largest absolute Gasteiger partial charge is 0.0616 e. The second-order valence-corrected chi connectivity index (χ2v) is 7.21. The minimum Gasteiger partial charge on any atom is -0.0616 e. The number of hydrogen-bond acceptors (Lipinski definition) is 0. The van der Waals surface area contributed by atoms with Crippen LogP contribution < -0.4 is 0 Å². The van der Waals surface area contributed by atoms with Crippen LogP contribution in [0.25, 0.3) is 21.5 Å². The Labute approximate surface area is 150 Å². The molecule has 0 aliphatic rings. The molecular formula is C25H24. The first-order valence-electron chi connectivity index (χ1n) is 9.02. The Morgan fingerprint density at radius 3 is 1.40 bits per heavy atom. The molecule has 4 aromatic rings. The maximum absolute atomic E-state index is 2.31. The molecule has 0 unspecified atom stereocenters. The van der Waals surface area contributed by atoms with Gasteiger partial charge in [-0.15, -0.1) is 0 Å². The highest BCUT2D eigenvalue weighted by atomic mass is 14.2. The van der Waals surface area contributed by atoms with Crippen molar-refractivity contribution < 1.29 is 0 Å². The third-order valence-electron chi connectivity index (χ3n) is 5.76. The van der Waals surface area contributed by atoms with Crippen LogP contribution in [0.4, 0.5) is 0 Å². The molecule has 0 N–H and O–H groups in total. The minimum atomic E-state index is 0.988. The van der Waals surface area contributed by atoms with Gasteiger partial charge in [0, 0.05) is 0 Å². The average Bonchev–Trinajstić information content (AvgIpc) is 2.62. The molecule has 0 aliphatic carbocycles. The highest BCUT2D eigenvalue weighted by Crippen LogP contribution is 2.32.